The van der Waals surface area contributed by atoms with Gasteiger partial charge in [-0.25, -0.2) is 0 Å². The van der Waals surface area contributed by atoms with Crippen molar-refractivity contribution in [1.82, 2.24) is 15.1 Å². The summed E-state index contributed by atoms with van der Waals surface area (Å²) in [7, 11) is 2.12. The molecule has 0 saturated carbocycles. The number of carbonyl (C=O) groups is 2. The Bertz CT molecular complexity index is 614. The number of piperazine rings is 1. The van der Waals surface area contributed by atoms with Crippen LogP contribution in [0.5, 0.6) is 0 Å². The van der Waals surface area contributed by atoms with Crippen molar-refractivity contribution in [2.24, 2.45) is 5.92 Å². The average Bonchev–Trinajstić information content (AvgIpc) is 2.99. The van der Waals surface area contributed by atoms with E-state index < -0.39 is 5.92 Å². The minimum Gasteiger partial charge on any atom is -0.354 e. The van der Waals surface area contributed by atoms with Crippen molar-refractivity contribution < 1.29 is 9.59 Å². The summed E-state index contributed by atoms with van der Waals surface area (Å²) in [6.07, 6.45) is 0.557. The number of nitrogens with zero attached hydrogens (tertiary/aromatic N) is 3. The summed E-state index contributed by atoms with van der Waals surface area (Å²) in [6.45, 7) is 6.17. The zero-order valence-corrected chi connectivity index (χ0v) is 15.3. The molecule has 0 bridgehead atoms. The third-order valence-electron chi connectivity index (χ3n) is 4.98. The third kappa shape index (κ3) is 4.51. The lowest BCUT2D eigenvalue weighted by atomic mass is 10.1. The summed E-state index contributed by atoms with van der Waals surface area (Å²) in [5.74, 6) is -0.863. The summed E-state index contributed by atoms with van der Waals surface area (Å²) < 4.78 is 0. The summed E-state index contributed by atoms with van der Waals surface area (Å²) in [5.41, 5.74) is 0.794. The van der Waals surface area contributed by atoms with Crippen LogP contribution in [0.3, 0.4) is 0 Å². The summed E-state index contributed by atoms with van der Waals surface area (Å²) in [6, 6.07) is 7.14. The summed E-state index contributed by atoms with van der Waals surface area (Å²) >= 11 is 5.89. The van der Waals surface area contributed by atoms with Crippen LogP contribution in [0.2, 0.25) is 5.02 Å². The third-order valence-corrected chi connectivity index (χ3v) is 5.24. The van der Waals surface area contributed by atoms with Crippen LogP contribution in [0, 0.1) is 5.92 Å². The Morgan fingerprint density at radius 3 is 2.52 bits per heavy atom. The molecule has 1 unspecified atom stereocenters. The lowest BCUT2D eigenvalue weighted by Crippen LogP contribution is -2.47. The van der Waals surface area contributed by atoms with Gasteiger partial charge in [0.25, 0.3) is 0 Å². The monoisotopic (exact) mass is 364 g/mol. The van der Waals surface area contributed by atoms with Gasteiger partial charge in [-0.3, -0.25) is 14.5 Å². The van der Waals surface area contributed by atoms with Gasteiger partial charge in [0.1, 0.15) is 5.92 Å². The number of rotatable bonds is 5. The topological polar surface area (TPSA) is 55.9 Å². The van der Waals surface area contributed by atoms with E-state index in [1.807, 2.05) is 12.1 Å². The van der Waals surface area contributed by atoms with Crippen LogP contribution < -0.4 is 10.2 Å². The number of benzene rings is 1. The molecule has 2 aliphatic heterocycles. The van der Waals surface area contributed by atoms with Gasteiger partial charge in [0.05, 0.1) is 0 Å². The van der Waals surface area contributed by atoms with Crippen LogP contribution in [-0.4, -0.2) is 74.5 Å². The number of amides is 2. The maximum Gasteiger partial charge on any atom is 0.239 e. The maximum atomic E-state index is 12.5. The van der Waals surface area contributed by atoms with E-state index in [1.54, 1.807) is 17.0 Å². The fraction of sp³-hybridized carbons (Fsp3) is 0.556. The number of likely N-dealkylation sites (N-methyl/N-ethyl adjacent to an activating group) is 1. The number of carbonyl (C=O) groups excluding carboxylic acids is 2. The van der Waals surface area contributed by atoms with E-state index in [-0.39, 0.29) is 11.8 Å². The molecule has 2 fully saturated rings. The van der Waals surface area contributed by atoms with E-state index in [2.05, 4.69) is 22.2 Å². The standard InChI is InChI=1S/C18H25ClN4O2/c1-21-10-12-22(13-11-21)9-7-20-17(24)16-6-8-23(18(16)25)15-4-2-14(19)3-5-15/h2-5,16H,6-13H2,1H3,(H,20,24). The summed E-state index contributed by atoms with van der Waals surface area (Å²) in [4.78, 5) is 31.2. The van der Waals surface area contributed by atoms with Gasteiger partial charge in [-0.15, -0.1) is 0 Å². The van der Waals surface area contributed by atoms with Crippen molar-refractivity contribution in [3.05, 3.63) is 29.3 Å². The smallest absolute Gasteiger partial charge is 0.239 e. The predicted octanol–water partition coefficient (Wildman–Crippen LogP) is 1.06. The molecule has 0 spiro atoms. The lowest BCUT2D eigenvalue weighted by molar-refractivity contribution is -0.132. The molecule has 2 heterocycles. The van der Waals surface area contributed by atoms with Gasteiger partial charge in [-0.05, 0) is 37.7 Å². The van der Waals surface area contributed by atoms with Crippen molar-refractivity contribution >= 4 is 29.1 Å². The molecule has 0 aliphatic carbocycles. The van der Waals surface area contributed by atoms with E-state index >= 15 is 0 Å². The molecule has 3 rings (SSSR count). The van der Waals surface area contributed by atoms with Crippen molar-refractivity contribution in [1.29, 1.82) is 0 Å². The molecule has 0 radical (unpaired) electrons. The highest BCUT2D eigenvalue weighted by Crippen LogP contribution is 2.26. The van der Waals surface area contributed by atoms with Crippen LogP contribution in [-0.2, 0) is 9.59 Å². The van der Waals surface area contributed by atoms with Crippen LogP contribution in [0.1, 0.15) is 6.42 Å². The first-order valence-electron chi connectivity index (χ1n) is 8.80. The maximum absolute atomic E-state index is 12.5. The molecule has 7 heteroatoms. The molecule has 2 aliphatic rings. The first kappa shape index (κ1) is 18.2. The van der Waals surface area contributed by atoms with Gasteiger partial charge >= 0.3 is 0 Å². The Morgan fingerprint density at radius 2 is 1.84 bits per heavy atom. The number of anilines is 1. The van der Waals surface area contributed by atoms with E-state index in [0.717, 1.165) is 38.4 Å². The minimum absolute atomic E-state index is 0.126. The number of nitrogens with one attached hydrogen (secondary N) is 1. The SMILES string of the molecule is CN1CCN(CCNC(=O)C2CCN(c3ccc(Cl)cc3)C2=O)CC1. The van der Waals surface area contributed by atoms with Crippen molar-refractivity contribution in [2.45, 2.75) is 6.42 Å². The summed E-state index contributed by atoms with van der Waals surface area (Å²) in [5, 5.41) is 3.56. The number of halogens is 1. The zero-order valence-electron chi connectivity index (χ0n) is 14.6. The van der Waals surface area contributed by atoms with Gasteiger partial charge in [0, 0.05) is 56.5 Å². The molecular weight excluding hydrogens is 340 g/mol. The van der Waals surface area contributed by atoms with Crippen molar-refractivity contribution in [2.75, 3.05) is 57.8 Å². The molecule has 136 valence electrons. The largest absolute Gasteiger partial charge is 0.354 e. The average molecular weight is 365 g/mol. The quantitative estimate of drug-likeness (QED) is 0.794. The minimum atomic E-state index is -0.580. The van der Waals surface area contributed by atoms with Crippen molar-refractivity contribution in [3.63, 3.8) is 0 Å². The Morgan fingerprint density at radius 1 is 1.16 bits per heavy atom. The normalized spacial score (nSPS) is 22.4. The van der Waals surface area contributed by atoms with Gasteiger partial charge in [-0.2, -0.15) is 0 Å². The predicted molar refractivity (Wildman–Crippen MR) is 98.9 cm³/mol. The highest BCUT2D eigenvalue weighted by Gasteiger charge is 2.37. The Labute approximate surface area is 153 Å². The lowest BCUT2D eigenvalue weighted by Gasteiger charge is -2.32. The first-order chi connectivity index (χ1) is 12.0. The molecular formula is C18H25ClN4O2. The van der Waals surface area contributed by atoms with Crippen LogP contribution in [0.4, 0.5) is 5.69 Å². The molecule has 1 N–H and O–H groups in total. The molecule has 6 nitrogen and oxygen atoms in total. The number of hydrogen-bond acceptors (Lipinski definition) is 4. The molecule has 2 saturated heterocycles. The van der Waals surface area contributed by atoms with Crippen LogP contribution >= 0.6 is 11.6 Å². The zero-order chi connectivity index (χ0) is 17.8. The second kappa shape index (κ2) is 8.17. The molecule has 2 amide bonds. The van der Waals surface area contributed by atoms with E-state index in [0.29, 0.717) is 24.5 Å². The Kier molecular flexibility index (Phi) is 5.93. The van der Waals surface area contributed by atoms with Gasteiger partial charge in [0.15, 0.2) is 0 Å². The van der Waals surface area contributed by atoms with E-state index in [9.17, 15) is 9.59 Å². The van der Waals surface area contributed by atoms with Gasteiger partial charge in [0.2, 0.25) is 11.8 Å². The van der Waals surface area contributed by atoms with Crippen LogP contribution in [0.15, 0.2) is 24.3 Å². The highest BCUT2D eigenvalue weighted by atomic mass is 35.5. The molecule has 1 aromatic carbocycles. The molecule has 0 aromatic heterocycles. The Balaban J connectivity index is 1.46. The fourth-order valence-electron chi connectivity index (χ4n) is 3.33. The fourth-order valence-corrected chi connectivity index (χ4v) is 3.46. The highest BCUT2D eigenvalue weighted by molar-refractivity contribution is 6.30. The van der Waals surface area contributed by atoms with Gasteiger partial charge < -0.3 is 15.1 Å². The van der Waals surface area contributed by atoms with E-state index in [4.69, 9.17) is 11.6 Å². The Hall–Kier alpha value is -1.63. The molecule has 1 atom stereocenters. The van der Waals surface area contributed by atoms with Gasteiger partial charge in [-0.1, -0.05) is 11.6 Å². The molecule has 25 heavy (non-hydrogen) atoms. The second-order valence-corrected chi connectivity index (χ2v) is 7.18. The first-order valence-corrected chi connectivity index (χ1v) is 9.18. The number of hydrogen-bond donors (Lipinski definition) is 1. The second-order valence-electron chi connectivity index (χ2n) is 6.74. The molecule has 1 aromatic rings. The van der Waals surface area contributed by atoms with E-state index in [1.165, 1.54) is 0 Å². The van der Waals surface area contributed by atoms with Crippen LogP contribution in [0.25, 0.3) is 0 Å². The van der Waals surface area contributed by atoms with Crippen molar-refractivity contribution in [3.8, 4) is 0 Å².